The van der Waals surface area contributed by atoms with E-state index in [-0.39, 0.29) is 17.1 Å². The lowest BCUT2D eigenvalue weighted by Gasteiger charge is -2.07. The molecule has 3 rings (SSSR count). The Labute approximate surface area is 124 Å². The Kier molecular flexibility index (Phi) is 3.18. The molecule has 0 unspecified atom stereocenters. The average molecular weight is 301 g/mol. The molecule has 3 aromatic heterocycles. The molecular formula is C12H11N7OS. The SMILES string of the molecule is Cn1ncc2c(=O)n(Cc3cccnc3C(N)=S)nnc21. The van der Waals surface area contributed by atoms with Crippen LogP contribution in [0.25, 0.3) is 11.0 Å². The minimum atomic E-state index is -0.272. The van der Waals surface area contributed by atoms with E-state index in [1.165, 1.54) is 15.6 Å². The summed E-state index contributed by atoms with van der Waals surface area (Å²) in [6.45, 7) is 0.192. The fourth-order valence-corrected chi connectivity index (χ4v) is 2.21. The molecule has 0 saturated heterocycles. The molecule has 106 valence electrons. The van der Waals surface area contributed by atoms with Gasteiger partial charge in [-0.25, -0.2) is 9.36 Å². The highest BCUT2D eigenvalue weighted by Crippen LogP contribution is 2.07. The van der Waals surface area contributed by atoms with Crippen LogP contribution in [0.1, 0.15) is 11.3 Å². The molecule has 0 spiro atoms. The largest absolute Gasteiger partial charge is 0.388 e. The monoisotopic (exact) mass is 301 g/mol. The molecule has 0 saturated carbocycles. The first kappa shape index (κ1) is 13.3. The molecule has 0 amide bonds. The second-order valence-electron chi connectivity index (χ2n) is 4.43. The van der Waals surface area contributed by atoms with Crippen LogP contribution in [-0.2, 0) is 13.6 Å². The van der Waals surface area contributed by atoms with Crippen LogP contribution in [0.15, 0.2) is 29.3 Å². The van der Waals surface area contributed by atoms with Gasteiger partial charge < -0.3 is 5.73 Å². The standard InChI is InChI=1S/C12H11N7OS/c1-18-11-8(5-15-18)12(20)19(17-16-11)6-7-3-2-4-14-9(7)10(13)21/h2-5H,6H2,1H3,(H2,13,21). The summed E-state index contributed by atoms with van der Waals surface area (Å²) >= 11 is 4.96. The van der Waals surface area contributed by atoms with Gasteiger partial charge >= 0.3 is 0 Å². The molecule has 0 fully saturated rings. The first-order valence-corrected chi connectivity index (χ1v) is 6.48. The maximum atomic E-state index is 12.3. The third-order valence-electron chi connectivity index (χ3n) is 3.06. The van der Waals surface area contributed by atoms with Crippen LogP contribution in [-0.4, -0.2) is 34.7 Å². The van der Waals surface area contributed by atoms with Crippen molar-refractivity contribution in [2.45, 2.75) is 6.54 Å². The smallest absolute Gasteiger partial charge is 0.281 e. The Morgan fingerprint density at radius 3 is 3.05 bits per heavy atom. The number of rotatable bonds is 3. The van der Waals surface area contributed by atoms with Crippen molar-refractivity contribution in [3.05, 3.63) is 46.1 Å². The van der Waals surface area contributed by atoms with E-state index < -0.39 is 0 Å². The first-order chi connectivity index (χ1) is 10.1. The third-order valence-corrected chi connectivity index (χ3v) is 3.26. The van der Waals surface area contributed by atoms with Crippen molar-refractivity contribution >= 4 is 28.2 Å². The van der Waals surface area contributed by atoms with Gasteiger partial charge in [-0.1, -0.05) is 23.5 Å². The van der Waals surface area contributed by atoms with E-state index in [9.17, 15) is 4.79 Å². The van der Waals surface area contributed by atoms with Gasteiger partial charge in [-0.2, -0.15) is 5.10 Å². The zero-order valence-electron chi connectivity index (χ0n) is 11.1. The molecule has 21 heavy (non-hydrogen) atoms. The summed E-state index contributed by atoms with van der Waals surface area (Å²) in [5.74, 6) is 0. The fourth-order valence-electron chi connectivity index (χ4n) is 2.03. The Bertz CT molecular complexity index is 898. The number of hydrogen-bond donors (Lipinski definition) is 1. The van der Waals surface area contributed by atoms with Gasteiger partial charge in [0.15, 0.2) is 5.65 Å². The molecule has 2 N–H and O–H groups in total. The summed E-state index contributed by atoms with van der Waals surface area (Å²) in [5.41, 5.74) is 6.99. The van der Waals surface area contributed by atoms with Crippen molar-refractivity contribution < 1.29 is 0 Å². The molecule has 0 aliphatic carbocycles. The van der Waals surface area contributed by atoms with E-state index in [4.69, 9.17) is 18.0 Å². The Hall–Kier alpha value is -2.68. The van der Waals surface area contributed by atoms with Crippen LogP contribution >= 0.6 is 12.2 Å². The Morgan fingerprint density at radius 1 is 1.48 bits per heavy atom. The van der Waals surface area contributed by atoms with Crippen LogP contribution in [0, 0.1) is 0 Å². The van der Waals surface area contributed by atoms with Gasteiger partial charge in [-0.3, -0.25) is 9.78 Å². The molecule has 0 aromatic carbocycles. The van der Waals surface area contributed by atoms with Crippen molar-refractivity contribution in [2.75, 3.05) is 0 Å². The molecule has 8 nitrogen and oxygen atoms in total. The fraction of sp³-hybridized carbons (Fsp3) is 0.167. The third kappa shape index (κ3) is 2.27. The molecule has 0 aliphatic heterocycles. The molecule has 0 radical (unpaired) electrons. The zero-order valence-corrected chi connectivity index (χ0v) is 11.9. The summed E-state index contributed by atoms with van der Waals surface area (Å²) in [5, 5.41) is 12.3. The molecule has 3 heterocycles. The summed E-state index contributed by atoms with van der Waals surface area (Å²) in [4.78, 5) is 16.6. The molecule has 9 heteroatoms. The lowest BCUT2D eigenvalue weighted by Crippen LogP contribution is -2.26. The van der Waals surface area contributed by atoms with E-state index in [0.717, 1.165) is 0 Å². The van der Waals surface area contributed by atoms with E-state index in [1.807, 2.05) is 0 Å². The zero-order chi connectivity index (χ0) is 15.0. The number of aromatic nitrogens is 6. The van der Waals surface area contributed by atoms with Crippen LogP contribution in [0.3, 0.4) is 0 Å². The lowest BCUT2D eigenvalue weighted by molar-refractivity contribution is 0.594. The van der Waals surface area contributed by atoms with Crippen molar-refractivity contribution in [3.8, 4) is 0 Å². The summed E-state index contributed by atoms with van der Waals surface area (Å²) in [6.07, 6.45) is 3.07. The molecule has 0 aliphatic rings. The van der Waals surface area contributed by atoms with Crippen molar-refractivity contribution in [2.24, 2.45) is 12.8 Å². The van der Waals surface area contributed by atoms with Gasteiger partial charge in [0.1, 0.15) is 16.1 Å². The van der Waals surface area contributed by atoms with Crippen molar-refractivity contribution in [1.82, 2.24) is 29.8 Å². The quantitative estimate of drug-likeness (QED) is 0.656. The van der Waals surface area contributed by atoms with Crippen LogP contribution in [0.4, 0.5) is 0 Å². The number of thiocarbonyl (C=S) groups is 1. The van der Waals surface area contributed by atoms with E-state index in [2.05, 4.69) is 20.4 Å². The highest BCUT2D eigenvalue weighted by molar-refractivity contribution is 7.80. The maximum absolute atomic E-state index is 12.3. The number of nitrogens with two attached hydrogens (primary N) is 1. The number of pyridine rings is 1. The average Bonchev–Trinajstić information content (AvgIpc) is 2.84. The number of nitrogens with zero attached hydrogens (tertiary/aromatic N) is 6. The highest BCUT2D eigenvalue weighted by Gasteiger charge is 2.12. The van der Waals surface area contributed by atoms with E-state index in [1.54, 1.807) is 25.4 Å². The Balaban J connectivity index is 2.09. The molecule has 0 bridgehead atoms. The predicted octanol–water partition coefficient (Wildman–Crippen LogP) is -0.398. The van der Waals surface area contributed by atoms with Gasteiger partial charge in [0.25, 0.3) is 5.56 Å². The molecule has 0 atom stereocenters. The normalized spacial score (nSPS) is 10.9. The van der Waals surface area contributed by atoms with Crippen molar-refractivity contribution in [3.63, 3.8) is 0 Å². The van der Waals surface area contributed by atoms with E-state index in [0.29, 0.717) is 22.3 Å². The predicted molar refractivity (Wildman–Crippen MR) is 79.8 cm³/mol. The number of hydrogen-bond acceptors (Lipinski definition) is 6. The summed E-state index contributed by atoms with van der Waals surface area (Å²) < 4.78 is 2.74. The van der Waals surface area contributed by atoms with Gasteiger partial charge in [0.05, 0.1) is 12.7 Å². The minimum absolute atomic E-state index is 0.175. The van der Waals surface area contributed by atoms with Gasteiger partial charge in [0.2, 0.25) is 0 Å². The topological polar surface area (TPSA) is 105 Å². The highest BCUT2D eigenvalue weighted by atomic mass is 32.1. The summed E-state index contributed by atoms with van der Waals surface area (Å²) in [7, 11) is 1.70. The number of fused-ring (bicyclic) bond motifs is 1. The van der Waals surface area contributed by atoms with Crippen LogP contribution < -0.4 is 11.3 Å². The second kappa shape index (κ2) is 5.02. The van der Waals surface area contributed by atoms with Crippen molar-refractivity contribution in [1.29, 1.82) is 0 Å². The first-order valence-electron chi connectivity index (χ1n) is 6.07. The number of aryl methyl sites for hydroxylation is 1. The lowest BCUT2D eigenvalue weighted by atomic mass is 10.2. The molecule has 3 aromatic rings. The minimum Gasteiger partial charge on any atom is -0.388 e. The van der Waals surface area contributed by atoms with Gasteiger partial charge in [0, 0.05) is 18.8 Å². The maximum Gasteiger partial charge on any atom is 0.281 e. The van der Waals surface area contributed by atoms with Gasteiger partial charge in [-0.05, 0) is 6.07 Å². The molecular weight excluding hydrogens is 290 g/mol. The second-order valence-corrected chi connectivity index (χ2v) is 4.87. The van der Waals surface area contributed by atoms with E-state index >= 15 is 0 Å². The van der Waals surface area contributed by atoms with Crippen LogP contribution in [0.2, 0.25) is 0 Å². The summed E-state index contributed by atoms with van der Waals surface area (Å²) in [6, 6.07) is 3.54. The Morgan fingerprint density at radius 2 is 2.29 bits per heavy atom. The van der Waals surface area contributed by atoms with Gasteiger partial charge in [-0.15, -0.1) is 5.10 Å². The van der Waals surface area contributed by atoms with Crippen LogP contribution in [0.5, 0.6) is 0 Å².